The summed E-state index contributed by atoms with van der Waals surface area (Å²) in [6, 6.07) is 8.69. The van der Waals surface area contributed by atoms with Crippen molar-refractivity contribution in [2.24, 2.45) is 5.73 Å². The normalized spacial score (nSPS) is 11.5. The van der Waals surface area contributed by atoms with Crippen LogP contribution < -0.4 is 35.3 Å². The first-order chi connectivity index (χ1) is 12.1. The molecule has 142 valence electrons. The summed E-state index contributed by atoms with van der Waals surface area (Å²) in [5.74, 6) is -1.10. The van der Waals surface area contributed by atoms with Gasteiger partial charge >= 0.3 is 41.5 Å². The van der Waals surface area contributed by atoms with Gasteiger partial charge in [-0.2, -0.15) is 0 Å². The molecule has 0 aliphatic rings. The quantitative estimate of drug-likeness (QED) is 0.248. The van der Waals surface area contributed by atoms with Gasteiger partial charge in [0, 0.05) is 6.42 Å². The number of nitrogens with two attached hydrogens (primary N) is 1. The van der Waals surface area contributed by atoms with Crippen LogP contribution in [0.25, 0.3) is 0 Å². The molecule has 1 aromatic rings. The van der Waals surface area contributed by atoms with Crippen LogP contribution in [0.3, 0.4) is 0 Å². The molecule has 0 saturated heterocycles. The summed E-state index contributed by atoms with van der Waals surface area (Å²) in [5, 5.41) is 0. The Balaban J connectivity index is 0. The second-order valence-electron chi connectivity index (χ2n) is 6.67. The Bertz CT molecular complexity index is 499. The van der Waals surface area contributed by atoms with E-state index in [4.69, 9.17) is 10.5 Å². The monoisotopic (exact) mass is 371 g/mol. The van der Waals surface area contributed by atoms with Gasteiger partial charge in [0.2, 0.25) is 0 Å². The molecule has 0 amide bonds. The summed E-state index contributed by atoms with van der Waals surface area (Å²) >= 11 is 0. The molecule has 0 fully saturated rings. The Hall–Kier alpha value is -0.680. The van der Waals surface area contributed by atoms with Crippen molar-refractivity contribution in [2.75, 3.05) is 0 Å². The summed E-state index contributed by atoms with van der Waals surface area (Å²) < 4.78 is 4.85. The van der Waals surface area contributed by atoms with E-state index in [0.717, 1.165) is 24.8 Å². The van der Waals surface area contributed by atoms with Crippen molar-refractivity contribution >= 4 is 11.9 Å². The minimum absolute atomic E-state index is 0. The number of carbonyl (C=O) groups excluding carboxylic acids is 2. The molecule has 1 atom stereocenters. The maximum Gasteiger partial charge on any atom is 1.00 e. The molecule has 1 rings (SSSR count). The van der Waals surface area contributed by atoms with Gasteiger partial charge in [0.25, 0.3) is 0 Å². The van der Waals surface area contributed by atoms with Gasteiger partial charge in [0.15, 0.2) is 0 Å². The molecule has 5 heteroatoms. The minimum Gasteiger partial charge on any atom is -1.00 e. The van der Waals surface area contributed by atoms with Crippen molar-refractivity contribution in [3.63, 3.8) is 0 Å². The van der Waals surface area contributed by atoms with Crippen LogP contribution in [-0.4, -0.2) is 18.0 Å². The zero-order chi connectivity index (χ0) is 18.3. The number of hydrogen-bond donors (Lipinski definition) is 1. The molecule has 26 heavy (non-hydrogen) atoms. The molecular formula is C21H34NNaO3. The Morgan fingerprint density at radius 1 is 0.962 bits per heavy atom. The number of carbonyl (C=O) groups is 2. The summed E-state index contributed by atoms with van der Waals surface area (Å²) in [6.07, 6.45) is 11.3. The summed E-state index contributed by atoms with van der Waals surface area (Å²) in [5.41, 5.74) is 6.77. The first kappa shape index (κ1) is 25.3. The second-order valence-corrected chi connectivity index (χ2v) is 6.67. The van der Waals surface area contributed by atoms with Crippen LogP contribution in [0.5, 0.6) is 0 Å². The fourth-order valence-corrected chi connectivity index (χ4v) is 2.77. The Morgan fingerprint density at radius 3 is 2.08 bits per heavy atom. The van der Waals surface area contributed by atoms with Gasteiger partial charge in [-0.15, -0.1) is 0 Å². The minimum atomic E-state index is -0.797. The van der Waals surface area contributed by atoms with E-state index in [2.05, 4.69) is 6.92 Å². The van der Waals surface area contributed by atoms with Crippen molar-refractivity contribution in [3.05, 3.63) is 35.9 Å². The maximum atomic E-state index is 11.9. The van der Waals surface area contributed by atoms with E-state index in [1.54, 1.807) is 0 Å². The molecule has 0 spiro atoms. The van der Waals surface area contributed by atoms with E-state index in [0.29, 0.717) is 12.8 Å². The molecule has 0 saturated carbocycles. The topological polar surface area (TPSA) is 69.4 Å². The number of unbranched alkanes of at least 4 members (excludes halogenated alkanes) is 8. The van der Waals surface area contributed by atoms with Gasteiger partial charge in [0.05, 0.1) is 0 Å². The average Bonchev–Trinajstić information content (AvgIpc) is 2.61. The molecule has 0 radical (unpaired) electrons. The predicted octanol–water partition coefficient (Wildman–Crippen LogP) is 1.66. The van der Waals surface area contributed by atoms with Crippen molar-refractivity contribution in [3.8, 4) is 0 Å². The molecule has 0 aliphatic heterocycles. The third-order valence-electron chi connectivity index (χ3n) is 4.30. The number of benzene rings is 1. The van der Waals surface area contributed by atoms with Crippen LogP contribution >= 0.6 is 0 Å². The molecule has 0 bridgehead atoms. The zero-order valence-electron chi connectivity index (χ0n) is 17.5. The van der Waals surface area contributed by atoms with Gasteiger partial charge in [-0.3, -0.25) is 4.79 Å². The van der Waals surface area contributed by atoms with E-state index in [-0.39, 0.29) is 31.0 Å². The molecule has 4 nitrogen and oxygen atoms in total. The van der Waals surface area contributed by atoms with Gasteiger partial charge < -0.3 is 11.9 Å². The number of rotatable bonds is 13. The predicted molar refractivity (Wildman–Crippen MR) is 102 cm³/mol. The first-order valence-corrected chi connectivity index (χ1v) is 9.67. The first-order valence-electron chi connectivity index (χ1n) is 9.67. The van der Waals surface area contributed by atoms with Crippen LogP contribution in [0, 0.1) is 0 Å². The van der Waals surface area contributed by atoms with Gasteiger partial charge in [-0.05, 0) is 18.4 Å². The maximum absolute atomic E-state index is 11.9. The second kappa shape index (κ2) is 16.5. The van der Waals surface area contributed by atoms with E-state index < -0.39 is 18.0 Å². The zero-order valence-corrected chi connectivity index (χ0v) is 18.5. The Kier molecular flexibility index (Phi) is 16.1. The van der Waals surface area contributed by atoms with Gasteiger partial charge in [0.1, 0.15) is 6.04 Å². The molecule has 0 aromatic heterocycles. The third kappa shape index (κ3) is 12.6. The largest absolute Gasteiger partial charge is 1.00 e. The molecular weight excluding hydrogens is 337 g/mol. The Morgan fingerprint density at radius 2 is 1.50 bits per heavy atom. The number of hydrogen-bond acceptors (Lipinski definition) is 4. The van der Waals surface area contributed by atoms with E-state index in [9.17, 15) is 9.59 Å². The van der Waals surface area contributed by atoms with Crippen LogP contribution in [0.1, 0.15) is 78.1 Å². The van der Waals surface area contributed by atoms with Crippen molar-refractivity contribution < 1.29 is 45.3 Å². The van der Waals surface area contributed by atoms with Crippen LogP contribution in [0.15, 0.2) is 30.3 Å². The van der Waals surface area contributed by atoms with Crippen LogP contribution in [0.2, 0.25) is 0 Å². The summed E-state index contributed by atoms with van der Waals surface area (Å²) in [7, 11) is 0. The summed E-state index contributed by atoms with van der Waals surface area (Å²) in [4.78, 5) is 23.6. The SMILES string of the molecule is CCCCCCCCCCCC(=O)OC(=O)C(N)Cc1ccccc1.[H-].[Na+]. The van der Waals surface area contributed by atoms with Gasteiger partial charge in [-0.1, -0.05) is 88.6 Å². The fraction of sp³-hybridized carbons (Fsp3) is 0.619. The smallest absolute Gasteiger partial charge is 1.00 e. The third-order valence-corrected chi connectivity index (χ3v) is 4.30. The standard InChI is InChI=1S/C21H33NO3.Na.H/c1-2-3-4-5-6-7-8-9-13-16-20(23)25-21(24)19(22)17-18-14-11-10-12-15-18;;/h10-12,14-15,19H,2-9,13,16-17,22H2,1H3;;/q;+1;-1. The van der Waals surface area contributed by atoms with E-state index >= 15 is 0 Å². The summed E-state index contributed by atoms with van der Waals surface area (Å²) in [6.45, 7) is 2.22. The Labute approximate surface area is 182 Å². The average molecular weight is 371 g/mol. The van der Waals surface area contributed by atoms with Crippen molar-refractivity contribution in [2.45, 2.75) is 83.6 Å². The molecule has 1 unspecified atom stereocenters. The van der Waals surface area contributed by atoms with Crippen molar-refractivity contribution in [1.82, 2.24) is 0 Å². The van der Waals surface area contributed by atoms with Crippen LogP contribution in [0.4, 0.5) is 0 Å². The fourth-order valence-electron chi connectivity index (χ4n) is 2.77. The molecule has 0 aliphatic carbocycles. The molecule has 0 heterocycles. The van der Waals surface area contributed by atoms with E-state index in [1.165, 1.54) is 38.5 Å². The van der Waals surface area contributed by atoms with E-state index in [1.807, 2.05) is 30.3 Å². The molecule has 2 N–H and O–H groups in total. The van der Waals surface area contributed by atoms with Crippen LogP contribution in [-0.2, 0) is 20.7 Å². The number of esters is 2. The van der Waals surface area contributed by atoms with Crippen molar-refractivity contribution in [1.29, 1.82) is 0 Å². The molecule has 1 aromatic carbocycles. The number of ether oxygens (including phenoxy) is 1. The van der Waals surface area contributed by atoms with Gasteiger partial charge in [-0.25, -0.2) is 4.79 Å².